The second-order valence-corrected chi connectivity index (χ2v) is 4.78. The minimum absolute atomic E-state index is 0.0190. The third-order valence-corrected chi connectivity index (χ3v) is 3.29. The van der Waals surface area contributed by atoms with Crippen LogP contribution in [0.5, 0.6) is 0 Å². The van der Waals surface area contributed by atoms with Gasteiger partial charge in [-0.2, -0.15) is 0 Å². The predicted molar refractivity (Wildman–Crippen MR) is 65.7 cm³/mol. The van der Waals surface area contributed by atoms with Crippen molar-refractivity contribution >= 4 is 0 Å². The molecule has 1 saturated heterocycles. The van der Waals surface area contributed by atoms with Crippen LogP contribution in [0.2, 0.25) is 0 Å². The van der Waals surface area contributed by atoms with Gasteiger partial charge < -0.3 is 19.7 Å². The smallest absolute Gasteiger partial charge is 0.157 e. The van der Waals surface area contributed by atoms with Crippen LogP contribution in [0, 0.1) is 5.92 Å². The first-order chi connectivity index (χ1) is 8.27. The maximum atomic E-state index is 9.70. The number of unbranched alkanes of at least 4 members (excludes halogenated alkanes) is 1. The molecule has 0 saturated carbocycles. The maximum absolute atomic E-state index is 9.70. The number of rotatable bonds is 8. The molecule has 17 heavy (non-hydrogen) atoms. The third kappa shape index (κ3) is 5.82. The highest BCUT2D eigenvalue weighted by molar-refractivity contribution is 4.68. The first-order valence-electron chi connectivity index (χ1n) is 6.80. The molecule has 1 heterocycles. The zero-order valence-corrected chi connectivity index (χ0v) is 10.8. The summed E-state index contributed by atoms with van der Waals surface area (Å²) in [6.07, 6.45) is 5.45. The van der Waals surface area contributed by atoms with E-state index in [1.807, 2.05) is 0 Å². The molecule has 4 nitrogen and oxygen atoms in total. The van der Waals surface area contributed by atoms with Crippen LogP contribution in [0.25, 0.3) is 0 Å². The van der Waals surface area contributed by atoms with Crippen LogP contribution in [0.1, 0.15) is 45.4 Å². The van der Waals surface area contributed by atoms with E-state index in [1.165, 1.54) is 0 Å². The minimum Gasteiger partial charge on any atom is -0.394 e. The number of aliphatic hydroxyl groups excluding tert-OH is 2. The number of hydrogen-bond acceptors (Lipinski definition) is 4. The monoisotopic (exact) mass is 246 g/mol. The molecule has 3 atom stereocenters. The van der Waals surface area contributed by atoms with Gasteiger partial charge in [0.15, 0.2) is 6.29 Å². The predicted octanol–water partition coefficient (Wildman–Crippen LogP) is 1.69. The van der Waals surface area contributed by atoms with Gasteiger partial charge in [-0.1, -0.05) is 19.8 Å². The second-order valence-electron chi connectivity index (χ2n) is 4.78. The second kappa shape index (κ2) is 8.86. The quantitative estimate of drug-likeness (QED) is 0.684. The molecule has 0 spiro atoms. The molecule has 0 amide bonds. The van der Waals surface area contributed by atoms with Crippen molar-refractivity contribution in [1.29, 1.82) is 0 Å². The van der Waals surface area contributed by atoms with Crippen LogP contribution in [0.4, 0.5) is 0 Å². The topological polar surface area (TPSA) is 58.9 Å². The van der Waals surface area contributed by atoms with Gasteiger partial charge in [-0.3, -0.25) is 0 Å². The lowest BCUT2D eigenvalue weighted by molar-refractivity contribution is -0.175. The van der Waals surface area contributed by atoms with Crippen molar-refractivity contribution in [3.05, 3.63) is 0 Å². The fraction of sp³-hybridized carbons (Fsp3) is 1.00. The Kier molecular flexibility index (Phi) is 7.77. The Balaban J connectivity index is 2.26. The van der Waals surface area contributed by atoms with E-state index in [4.69, 9.17) is 14.6 Å². The first-order valence-corrected chi connectivity index (χ1v) is 6.80. The van der Waals surface area contributed by atoms with Gasteiger partial charge in [0.25, 0.3) is 0 Å². The Morgan fingerprint density at radius 1 is 1.41 bits per heavy atom. The van der Waals surface area contributed by atoms with Crippen LogP contribution in [-0.2, 0) is 9.47 Å². The van der Waals surface area contributed by atoms with Gasteiger partial charge in [-0.15, -0.1) is 0 Å². The molecule has 1 unspecified atom stereocenters. The van der Waals surface area contributed by atoms with E-state index >= 15 is 0 Å². The fourth-order valence-corrected chi connectivity index (χ4v) is 2.08. The Hall–Kier alpha value is -0.160. The molecule has 1 rings (SSSR count). The molecule has 2 N–H and O–H groups in total. The lowest BCUT2D eigenvalue weighted by atomic mass is 9.97. The van der Waals surface area contributed by atoms with E-state index in [2.05, 4.69) is 6.92 Å². The van der Waals surface area contributed by atoms with Gasteiger partial charge >= 0.3 is 0 Å². The fourth-order valence-electron chi connectivity index (χ4n) is 2.08. The van der Waals surface area contributed by atoms with E-state index in [9.17, 15) is 5.11 Å². The largest absolute Gasteiger partial charge is 0.394 e. The average Bonchev–Trinajstić information content (AvgIpc) is 2.39. The van der Waals surface area contributed by atoms with Crippen molar-refractivity contribution in [1.82, 2.24) is 0 Å². The lowest BCUT2D eigenvalue weighted by Crippen LogP contribution is -2.32. The Bertz CT molecular complexity index is 180. The molecule has 0 aromatic rings. The van der Waals surface area contributed by atoms with E-state index in [0.29, 0.717) is 6.61 Å². The van der Waals surface area contributed by atoms with Crippen LogP contribution in [0.3, 0.4) is 0 Å². The summed E-state index contributed by atoms with van der Waals surface area (Å²) in [5, 5.41) is 18.7. The van der Waals surface area contributed by atoms with Crippen molar-refractivity contribution in [3.8, 4) is 0 Å². The zero-order valence-electron chi connectivity index (χ0n) is 10.8. The zero-order chi connectivity index (χ0) is 12.5. The van der Waals surface area contributed by atoms with Crippen molar-refractivity contribution in [2.45, 2.75) is 57.8 Å². The number of aliphatic hydroxyl groups is 2. The van der Waals surface area contributed by atoms with Gasteiger partial charge in [0, 0.05) is 12.5 Å². The number of ether oxygens (including phenoxy) is 2. The Morgan fingerprint density at radius 2 is 2.24 bits per heavy atom. The molecule has 0 bridgehead atoms. The van der Waals surface area contributed by atoms with Gasteiger partial charge in [0.2, 0.25) is 0 Å². The van der Waals surface area contributed by atoms with Gasteiger partial charge in [0.05, 0.1) is 19.3 Å². The summed E-state index contributed by atoms with van der Waals surface area (Å²) >= 11 is 0. The van der Waals surface area contributed by atoms with E-state index < -0.39 is 6.10 Å². The normalized spacial score (nSPS) is 24.5. The van der Waals surface area contributed by atoms with E-state index in [1.54, 1.807) is 0 Å². The standard InChI is InChI=1S/C13H26O4/c1-2-3-6-11(12(15)9-14)10-17-13-7-4-5-8-16-13/h11-15H,2-10H2,1H3/t11-,12+,13?/m1/s1. The summed E-state index contributed by atoms with van der Waals surface area (Å²) in [5.74, 6) is 0.0190. The summed E-state index contributed by atoms with van der Waals surface area (Å²) in [6, 6.07) is 0. The van der Waals surface area contributed by atoms with Crippen molar-refractivity contribution in [3.63, 3.8) is 0 Å². The molecule has 102 valence electrons. The Morgan fingerprint density at radius 3 is 2.82 bits per heavy atom. The van der Waals surface area contributed by atoms with Crippen LogP contribution < -0.4 is 0 Å². The minimum atomic E-state index is -0.676. The summed E-state index contributed by atoms with van der Waals surface area (Å²) in [4.78, 5) is 0. The maximum Gasteiger partial charge on any atom is 0.157 e. The molecule has 0 radical (unpaired) electrons. The highest BCUT2D eigenvalue weighted by Gasteiger charge is 2.21. The molecule has 0 aromatic heterocycles. The molecule has 1 aliphatic heterocycles. The van der Waals surface area contributed by atoms with Crippen LogP contribution >= 0.6 is 0 Å². The van der Waals surface area contributed by atoms with Crippen LogP contribution in [0.15, 0.2) is 0 Å². The highest BCUT2D eigenvalue weighted by Crippen LogP contribution is 2.18. The average molecular weight is 246 g/mol. The third-order valence-electron chi connectivity index (χ3n) is 3.29. The Labute approximate surface area is 104 Å². The highest BCUT2D eigenvalue weighted by atomic mass is 16.7. The molecular formula is C13H26O4. The summed E-state index contributed by atoms with van der Waals surface area (Å²) in [6.45, 7) is 3.18. The number of hydrogen-bond donors (Lipinski definition) is 2. The SMILES string of the molecule is CCCC[C@H](COC1CCCCO1)[C@@H](O)CO. The van der Waals surface area contributed by atoms with Crippen LogP contribution in [-0.4, -0.2) is 42.4 Å². The lowest BCUT2D eigenvalue weighted by Gasteiger charge is -2.27. The molecule has 0 aromatic carbocycles. The van der Waals surface area contributed by atoms with Crippen molar-refractivity contribution in [2.24, 2.45) is 5.92 Å². The molecule has 4 heteroatoms. The van der Waals surface area contributed by atoms with Gasteiger partial charge in [-0.25, -0.2) is 0 Å². The van der Waals surface area contributed by atoms with Gasteiger partial charge in [0.1, 0.15) is 0 Å². The van der Waals surface area contributed by atoms with Gasteiger partial charge in [-0.05, 0) is 25.7 Å². The molecule has 1 aliphatic rings. The molecule has 0 aliphatic carbocycles. The van der Waals surface area contributed by atoms with E-state index in [0.717, 1.165) is 45.1 Å². The molecular weight excluding hydrogens is 220 g/mol. The van der Waals surface area contributed by atoms with Crippen molar-refractivity contribution < 1.29 is 19.7 Å². The molecule has 1 fully saturated rings. The van der Waals surface area contributed by atoms with E-state index in [-0.39, 0.29) is 18.8 Å². The first kappa shape index (κ1) is 14.9. The van der Waals surface area contributed by atoms with Crippen molar-refractivity contribution in [2.75, 3.05) is 19.8 Å². The summed E-state index contributed by atoms with van der Waals surface area (Å²) in [7, 11) is 0. The summed E-state index contributed by atoms with van der Waals surface area (Å²) < 4.78 is 11.2. The summed E-state index contributed by atoms with van der Waals surface area (Å²) in [5.41, 5.74) is 0.